The van der Waals surface area contributed by atoms with Crippen LogP contribution in [0.5, 0.6) is 11.5 Å². The Hall–Kier alpha value is -2.79. The average molecular weight is 507 g/mol. The van der Waals surface area contributed by atoms with Crippen LogP contribution < -0.4 is 10.1 Å². The highest BCUT2D eigenvalue weighted by atomic mass is 16.5. The van der Waals surface area contributed by atoms with Gasteiger partial charge < -0.3 is 19.6 Å². The Kier molecular flexibility index (Phi) is 9.46. The molecule has 202 valence electrons. The second-order valence-electron chi connectivity index (χ2n) is 12.1. The largest absolute Gasteiger partial charge is 0.507 e. The number of ether oxygens (including phenoxy) is 1. The first-order valence-electron chi connectivity index (χ1n) is 13.6. The quantitative estimate of drug-likeness (QED) is 0.280. The van der Waals surface area contributed by atoms with Crippen LogP contribution >= 0.6 is 0 Å². The van der Waals surface area contributed by atoms with E-state index >= 15 is 0 Å². The molecule has 0 fully saturated rings. The Balaban J connectivity index is 1.69. The summed E-state index contributed by atoms with van der Waals surface area (Å²) in [4.78, 5) is 4.76. The lowest BCUT2D eigenvalue weighted by atomic mass is 9.78. The van der Waals surface area contributed by atoms with Gasteiger partial charge in [-0.15, -0.1) is 0 Å². The van der Waals surface area contributed by atoms with Gasteiger partial charge in [-0.2, -0.15) is 0 Å². The molecule has 0 aliphatic rings. The molecule has 1 unspecified atom stereocenters. The lowest BCUT2D eigenvalue weighted by Crippen LogP contribution is -2.24. The summed E-state index contributed by atoms with van der Waals surface area (Å²) in [6.07, 6.45) is 6.82. The third-order valence-corrected chi connectivity index (χ3v) is 7.01. The molecular weight excluding hydrogens is 460 g/mol. The molecule has 2 aromatic carbocycles. The molecule has 1 heterocycles. The van der Waals surface area contributed by atoms with Crippen molar-refractivity contribution in [2.45, 2.75) is 97.4 Å². The van der Waals surface area contributed by atoms with Crippen LogP contribution in [0.4, 0.5) is 0 Å². The van der Waals surface area contributed by atoms with E-state index in [1.807, 2.05) is 25.2 Å². The van der Waals surface area contributed by atoms with Gasteiger partial charge in [0.15, 0.2) is 0 Å². The molecule has 0 aliphatic heterocycles. The SMILES string of the molecule is CCC(CCCc1ccccc1OCCc1coc(-c2cc(C(C)(C)C)c(O)c(C(C)(C)C)c2)n1)NC. The normalized spacial score (nSPS) is 13.1. The van der Waals surface area contributed by atoms with Gasteiger partial charge in [-0.1, -0.05) is 66.7 Å². The number of oxazole rings is 1. The molecular formula is C32H46N2O3. The fraction of sp³-hybridized carbons (Fsp3) is 0.531. The highest BCUT2D eigenvalue weighted by Crippen LogP contribution is 2.41. The molecule has 2 N–H and O–H groups in total. The zero-order valence-electron chi connectivity index (χ0n) is 24.1. The van der Waals surface area contributed by atoms with Crippen molar-refractivity contribution in [2.24, 2.45) is 0 Å². The number of benzene rings is 2. The van der Waals surface area contributed by atoms with Gasteiger partial charge in [0.1, 0.15) is 17.8 Å². The third kappa shape index (κ3) is 7.61. The Bertz CT molecular complexity index is 1110. The number of phenolic OH excluding ortho intramolecular Hbond substituents is 1. The molecule has 5 nitrogen and oxygen atoms in total. The second kappa shape index (κ2) is 12.2. The Morgan fingerprint density at radius 2 is 1.65 bits per heavy atom. The summed E-state index contributed by atoms with van der Waals surface area (Å²) in [5.41, 5.74) is 4.38. The number of hydrogen-bond acceptors (Lipinski definition) is 5. The summed E-state index contributed by atoms with van der Waals surface area (Å²) in [5, 5.41) is 14.4. The van der Waals surface area contributed by atoms with E-state index in [-0.39, 0.29) is 10.8 Å². The lowest BCUT2D eigenvalue weighted by Gasteiger charge is -2.27. The number of aromatic hydroxyl groups is 1. The smallest absolute Gasteiger partial charge is 0.226 e. The minimum Gasteiger partial charge on any atom is -0.507 e. The van der Waals surface area contributed by atoms with E-state index < -0.39 is 0 Å². The molecule has 0 radical (unpaired) electrons. The molecule has 0 saturated carbocycles. The topological polar surface area (TPSA) is 67.5 Å². The van der Waals surface area contributed by atoms with Crippen molar-refractivity contribution < 1.29 is 14.3 Å². The van der Waals surface area contributed by atoms with Crippen molar-refractivity contribution in [1.82, 2.24) is 10.3 Å². The molecule has 5 heteroatoms. The second-order valence-corrected chi connectivity index (χ2v) is 12.1. The molecule has 3 aromatic rings. The van der Waals surface area contributed by atoms with Crippen LogP contribution in [0, 0.1) is 0 Å². The number of aromatic nitrogens is 1. The molecule has 3 rings (SSSR count). The average Bonchev–Trinajstić information content (AvgIpc) is 3.30. The van der Waals surface area contributed by atoms with Crippen molar-refractivity contribution in [3.63, 3.8) is 0 Å². The molecule has 1 aromatic heterocycles. The van der Waals surface area contributed by atoms with Crippen LogP contribution in [-0.4, -0.2) is 29.8 Å². The van der Waals surface area contributed by atoms with Crippen molar-refractivity contribution in [2.75, 3.05) is 13.7 Å². The first-order valence-corrected chi connectivity index (χ1v) is 13.6. The van der Waals surface area contributed by atoms with Crippen molar-refractivity contribution in [3.8, 4) is 23.0 Å². The molecule has 0 amide bonds. The van der Waals surface area contributed by atoms with Gasteiger partial charge in [-0.3, -0.25) is 0 Å². The first kappa shape index (κ1) is 28.8. The summed E-state index contributed by atoms with van der Waals surface area (Å²) >= 11 is 0. The number of hydrogen-bond donors (Lipinski definition) is 2. The highest BCUT2D eigenvalue weighted by Gasteiger charge is 2.27. The zero-order valence-corrected chi connectivity index (χ0v) is 24.1. The lowest BCUT2D eigenvalue weighted by molar-refractivity contribution is 0.316. The van der Waals surface area contributed by atoms with Gasteiger partial charge in [0.25, 0.3) is 0 Å². The van der Waals surface area contributed by atoms with Crippen LogP contribution in [0.15, 0.2) is 47.1 Å². The number of phenols is 1. The van der Waals surface area contributed by atoms with E-state index in [4.69, 9.17) is 14.1 Å². The van der Waals surface area contributed by atoms with E-state index in [0.29, 0.717) is 30.7 Å². The number of nitrogens with zero attached hydrogens (tertiary/aromatic N) is 1. The summed E-state index contributed by atoms with van der Waals surface area (Å²) in [7, 11) is 2.04. The maximum atomic E-state index is 11.0. The standard InChI is InChI=1S/C32H46N2O3/c1-9-24(33-8)15-12-14-22-13-10-11-16-28(22)36-18-17-25-21-37-30(34-25)23-19-26(31(2,3)4)29(35)27(20-23)32(5,6)7/h10-11,13,16,19-21,24,33,35H,9,12,14-15,17-18H2,1-8H3. The van der Waals surface area contributed by atoms with Crippen LogP contribution in [0.2, 0.25) is 0 Å². The molecule has 0 spiro atoms. The van der Waals surface area contributed by atoms with E-state index in [0.717, 1.165) is 53.8 Å². The molecule has 0 bridgehead atoms. The first-order chi connectivity index (χ1) is 17.4. The highest BCUT2D eigenvalue weighted by molar-refractivity contribution is 5.63. The summed E-state index contributed by atoms with van der Waals surface area (Å²) in [6.45, 7) is 15.4. The monoisotopic (exact) mass is 506 g/mol. The fourth-order valence-corrected chi connectivity index (χ4v) is 4.66. The minimum atomic E-state index is -0.207. The number of para-hydroxylation sites is 1. The summed E-state index contributed by atoms with van der Waals surface area (Å²) < 4.78 is 12.1. The molecule has 0 saturated heterocycles. The summed E-state index contributed by atoms with van der Waals surface area (Å²) in [6, 6.07) is 12.9. The van der Waals surface area contributed by atoms with Crippen LogP contribution in [0.3, 0.4) is 0 Å². The Morgan fingerprint density at radius 3 is 2.24 bits per heavy atom. The maximum absolute atomic E-state index is 11.0. The van der Waals surface area contributed by atoms with E-state index in [1.165, 1.54) is 5.56 Å². The van der Waals surface area contributed by atoms with Crippen molar-refractivity contribution in [1.29, 1.82) is 0 Å². The number of nitrogens with one attached hydrogen (secondary N) is 1. The molecule has 37 heavy (non-hydrogen) atoms. The van der Waals surface area contributed by atoms with Gasteiger partial charge in [0.05, 0.1) is 12.3 Å². The van der Waals surface area contributed by atoms with E-state index in [1.54, 1.807) is 6.26 Å². The minimum absolute atomic E-state index is 0.207. The van der Waals surface area contributed by atoms with Crippen LogP contribution in [-0.2, 0) is 23.7 Å². The van der Waals surface area contributed by atoms with Crippen LogP contribution in [0.1, 0.15) is 90.1 Å². The van der Waals surface area contributed by atoms with Gasteiger partial charge in [0, 0.05) is 29.2 Å². The third-order valence-electron chi connectivity index (χ3n) is 7.01. The molecule has 1 atom stereocenters. The van der Waals surface area contributed by atoms with Crippen LogP contribution in [0.25, 0.3) is 11.5 Å². The van der Waals surface area contributed by atoms with Gasteiger partial charge in [-0.05, 0) is 67.3 Å². The zero-order chi connectivity index (χ0) is 27.2. The predicted octanol–water partition coefficient (Wildman–Crippen LogP) is 7.58. The predicted molar refractivity (Wildman–Crippen MR) is 153 cm³/mol. The van der Waals surface area contributed by atoms with Gasteiger partial charge >= 0.3 is 0 Å². The maximum Gasteiger partial charge on any atom is 0.226 e. The Labute approximate surface area is 223 Å². The number of aryl methyl sites for hydroxylation is 1. The van der Waals surface area contributed by atoms with E-state index in [2.05, 4.69) is 72.0 Å². The van der Waals surface area contributed by atoms with Crippen molar-refractivity contribution >= 4 is 0 Å². The van der Waals surface area contributed by atoms with E-state index in [9.17, 15) is 5.11 Å². The Morgan fingerprint density at radius 1 is 1.00 bits per heavy atom. The van der Waals surface area contributed by atoms with Crippen molar-refractivity contribution in [3.05, 3.63) is 65.0 Å². The molecule has 0 aliphatic carbocycles. The number of rotatable bonds is 11. The van der Waals surface area contributed by atoms with Gasteiger partial charge in [0.2, 0.25) is 5.89 Å². The fourth-order valence-electron chi connectivity index (χ4n) is 4.66. The van der Waals surface area contributed by atoms with Gasteiger partial charge in [-0.25, -0.2) is 4.98 Å². The summed E-state index contributed by atoms with van der Waals surface area (Å²) in [5.74, 6) is 1.88.